The third kappa shape index (κ3) is 3.46. The Morgan fingerprint density at radius 3 is 2.55 bits per heavy atom. The number of rotatable bonds is 4. The van der Waals surface area contributed by atoms with Crippen molar-refractivity contribution in [1.29, 1.82) is 0 Å². The molecule has 0 saturated carbocycles. The average molecular weight is 363 g/mol. The summed E-state index contributed by atoms with van der Waals surface area (Å²) in [4.78, 5) is 13.5. The molecule has 10 heteroatoms. The average Bonchev–Trinajstić information content (AvgIpc) is 2.43. The van der Waals surface area contributed by atoms with Crippen LogP contribution in [0.15, 0.2) is 35.4 Å². The number of benzene rings is 1. The van der Waals surface area contributed by atoms with Gasteiger partial charge in [0.1, 0.15) is 10.0 Å². The maximum atomic E-state index is 12.1. The van der Waals surface area contributed by atoms with E-state index < -0.39 is 26.5 Å². The van der Waals surface area contributed by atoms with Gasteiger partial charge in [-0.05, 0) is 24.6 Å². The summed E-state index contributed by atoms with van der Waals surface area (Å²) in [6.45, 7) is 1.63. The lowest BCUT2D eigenvalue weighted by Crippen LogP contribution is -2.11. The quantitative estimate of drug-likeness (QED) is 0.357. The standard InChI is InChI=1S/C12H8Cl2N2O5S/c1-7-2-3-11(10(4-7)16(17)18)21-22(19,20)8-5-9(13)12(14)15-6-8/h2-6H,1H3. The van der Waals surface area contributed by atoms with Crippen LogP contribution < -0.4 is 4.18 Å². The van der Waals surface area contributed by atoms with Gasteiger partial charge in [-0.25, -0.2) is 4.98 Å². The van der Waals surface area contributed by atoms with Crippen LogP contribution in [-0.4, -0.2) is 18.3 Å². The molecule has 2 aromatic rings. The Labute approximate surface area is 135 Å². The Kier molecular flexibility index (Phi) is 4.55. The topological polar surface area (TPSA) is 99.4 Å². The van der Waals surface area contributed by atoms with Gasteiger partial charge in [0.25, 0.3) is 0 Å². The molecule has 0 saturated heterocycles. The van der Waals surface area contributed by atoms with E-state index in [1.54, 1.807) is 6.92 Å². The number of nitrogens with zero attached hydrogens (tertiary/aromatic N) is 2. The van der Waals surface area contributed by atoms with Gasteiger partial charge < -0.3 is 4.18 Å². The van der Waals surface area contributed by atoms with Crippen LogP contribution in [-0.2, 0) is 10.1 Å². The molecule has 0 bridgehead atoms. The van der Waals surface area contributed by atoms with Crippen molar-refractivity contribution in [3.63, 3.8) is 0 Å². The van der Waals surface area contributed by atoms with Crippen molar-refractivity contribution < 1.29 is 17.5 Å². The largest absolute Gasteiger partial charge is 0.372 e. The van der Waals surface area contributed by atoms with Crippen LogP contribution in [0.1, 0.15) is 5.56 Å². The molecule has 0 aliphatic heterocycles. The highest BCUT2D eigenvalue weighted by molar-refractivity contribution is 7.87. The van der Waals surface area contributed by atoms with Gasteiger partial charge in [-0.1, -0.05) is 29.3 Å². The molecule has 1 heterocycles. The smallest absolute Gasteiger partial charge is 0.341 e. The first-order valence-electron chi connectivity index (χ1n) is 5.71. The van der Waals surface area contributed by atoms with E-state index >= 15 is 0 Å². The van der Waals surface area contributed by atoms with E-state index in [9.17, 15) is 18.5 Å². The lowest BCUT2D eigenvalue weighted by molar-refractivity contribution is -0.385. The molecule has 2 rings (SSSR count). The van der Waals surface area contributed by atoms with E-state index in [-0.39, 0.29) is 15.1 Å². The number of nitro benzene ring substituents is 1. The zero-order valence-corrected chi connectivity index (χ0v) is 13.3. The van der Waals surface area contributed by atoms with Crippen LogP contribution in [0.2, 0.25) is 10.2 Å². The van der Waals surface area contributed by atoms with Crippen LogP contribution in [0.25, 0.3) is 0 Å². The number of pyridine rings is 1. The predicted molar refractivity (Wildman–Crippen MR) is 79.9 cm³/mol. The summed E-state index contributed by atoms with van der Waals surface area (Å²) in [5.74, 6) is -0.401. The molecule has 0 aliphatic rings. The molecule has 116 valence electrons. The van der Waals surface area contributed by atoms with E-state index in [4.69, 9.17) is 27.4 Å². The maximum absolute atomic E-state index is 12.1. The van der Waals surface area contributed by atoms with Crippen molar-refractivity contribution in [1.82, 2.24) is 4.98 Å². The minimum Gasteiger partial charge on any atom is -0.372 e. The molecule has 0 atom stereocenters. The van der Waals surface area contributed by atoms with E-state index in [1.165, 1.54) is 18.2 Å². The van der Waals surface area contributed by atoms with Gasteiger partial charge in [0.05, 0.1) is 16.1 Å². The SMILES string of the molecule is Cc1ccc(OS(=O)(=O)c2cnc(Cl)c(Cl)c2)c([N+](=O)[O-])c1. The minimum absolute atomic E-state index is 0.0677. The first-order valence-corrected chi connectivity index (χ1v) is 7.88. The fourth-order valence-corrected chi connectivity index (χ4v) is 2.80. The van der Waals surface area contributed by atoms with Crippen LogP contribution >= 0.6 is 23.2 Å². The summed E-state index contributed by atoms with van der Waals surface area (Å²) in [6, 6.07) is 4.95. The lowest BCUT2D eigenvalue weighted by atomic mass is 10.2. The first-order chi connectivity index (χ1) is 10.2. The Bertz CT molecular complexity index is 855. The Hall–Kier alpha value is -1.90. The molecule has 1 aromatic heterocycles. The molecule has 1 aromatic carbocycles. The minimum atomic E-state index is -4.33. The molecule has 0 radical (unpaired) electrons. The third-order valence-electron chi connectivity index (χ3n) is 2.57. The molecule has 0 fully saturated rings. The number of nitro groups is 1. The first kappa shape index (κ1) is 16.5. The molecule has 0 N–H and O–H groups in total. The summed E-state index contributed by atoms with van der Waals surface area (Å²) in [5.41, 5.74) is 0.129. The second-order valence-corrected chi connectivity index (χ2v) is 6.52. The van der Waals surface area contributed by atoms with Crippen molar-refractivity contribution in [3.05, 3.63) is 56.3 Å². The predicted octanol–water partition coefficient (Wildman–Crippen LogP) is 3.37. The summed E-state index contributed by atoms with van der Waals surface area (Å²) in [6.07, 6.45) is 0.948. The molecule has 0 spiro atoms. The highest BCUT2D eigenvalue weighted by atomic mass is 35.5. The van der Waals surface area contributed by atoms with Crippen LogP contribution in [0, 0.1) is 17.0 Å². The van der Waals surface area contributed by atoms with Crippen LogP contribution in [0.4, 0.5) is 5.69 Å². The molecule has 0 unspecified atom stereocenters. The second-order valence-electron chi connectivity index (χ2n) is 4.21. The molecule has 7 nitrogen and oxygen atoms in total. The van der Waals surface area contributed by atoms with E-state index in [2.05, 4.69) is 4.98 Å². The molecular weight excluding hydrogens is 355 g/mol. The highest BCUT2D eigenvalue weighted by Crippen LogP contribution is 2.31. The number of aromatic nitrogens is 1. The number of halogens is 2. The highest BCUT2D eigenvalue weighted by Gasteiger charge is 2.24. The number of hydrogen-bond acceptors (Lipinski definition) is 6. The van der Waals surface area contributed by atoms with Crippen molar-refractivity contribution in [2.45, 2.75) is 11.8 Å². The molecule has 0 aliphatic carbocycles. The van der Waals surface area contributed by atoms with Gasteiger partial charge >= 0.3 is 15.8 Å². The monoisotopic (exact) mass is 362 g/mol. The molecule has 22 heavy (non-hydrogen) atoms. The number of aryl methyl sites for hydroxylation is 1. The zero-order chi connectivity index (χ0) is 16.5. The van der Waals surface area contributed by atoms with E-state index in [1.807, 2.05) is 0 Å². The van der Waals surface area contributed by atoms with E-state index in [0.717, 1.165) is 12.3 Å². The second kappa shape index (κ2) is 6.07. The van der Waals surface area contributed by atoms with Crippen molar-refractivity contribution in [2.75, 3.05) is 0 Å². The summed E-state index contributed by atoms with van der Waals surface area (Å²) in [7, 11) is -4.33. The van der Waals surface area contributed by atoms with Crippen molar-refractivity contribution in [3.8, 4) is 5.75 Å². The Morgan fingerprint density at radius 1 is 1.27 bits per heavy atom. The fraction of sp³-hybridized carbons (Fsp3) is 0.0833. The Balaban J connectivity index is 2.45. The lowest BCUT2D eigenvalue weighted by Gasteiger charge is -2.08. The summed E-state index contributed by atoms with van der Waals surface area (Å²) >= 11 is 11.3. The fourth-order valence-electron chi connectivity index (χ4n) is 1.55. The van der Waals surface area contributed by atoms with Gasteiger partial charge in [-0.2, -0.15) is 8.42 Å². The summed E-state index contributed by atoms with van der Waals surface area (Å²) < 4.78 is 29.1. The van der Waals surface area contributed by atoms with Crippen LogP contribution in [0.5, 0.6) is 5.75 Å². The third-order valence-corrected chi connectivity index (χ3v) is 4.46. The van der Waals surface area contributed by atoms with Crippen molar-refractivity contribution >= 4 is 39.0 Å². The normalized spacial score (nSPS) is 11.2. The van der Waals surface area contributed by atoms with Gasteiger partial charge in [0.15, 0.2) is 0 Å². The Morgan fingerprint density at radius 2 is 1.95 bits per heavy atom. The maximum Gasteiger partial charge on any atom is 0.341 e. The van der Waals surface area contributed by atoms with Gasteiger partial charge in [-0.3, -0.25) is 10.1 Å². The van der Waals surface area contributed by atoms with Crippen molar-refractivity contribution in [2.24, 2.45) is 0 Å². The van der Waals surface area contributed by atoms with Gasteiger partial charge in [0, 0.05) is 6.07 Å². The van der Waals surface area contributed by atoms with Crippen LogP contribution in [0.3, 0.4) is 0 Å². The van der Waals surface area contributed by atoms with Gasteiger partial charge in [-0.15, -0.1) is 0 Å². The van der Waals surface area contributed by atoms with Gasteiger partial charge in [0.2, 0.25) is 5.75 Å². The summed E-state index contributed by atoms with van der Waals surface area (Å²) in [5, 5.41) is 10.8. The molecule has 0 amide bonds. The van der Waals surface area contributed by atoms with E-state index in [0.29, 0.717) is 5.56 Å². The zero-order valence-electron chi connectivity index (χ0n) is 11.0. The number of hydrogen-bond donors (Lipinski definition) is 0. The molecular formula is C12H8Cl2N2O5S.